The molecule has 0 aromatic heterocycles. The van der Waals surface area contributed by atoms with E-state index in [0.717, 1.165) is 47.5 Å². The highest BCUT2D eigenvalue weighted by Crippen LogP contribution is 2.27. The number of nitrogens with zero attached hydrogens (tertiary/aromatic N) is 2. The quantitative estimate of drug-likeness (QED) is 0.332. The first kappa shape index (κ1) is 29.6. The van der Waals surface area contributed by atoms with Crippen molar-refractivity contribution in [3.05, 3.63) is 95.0 Å². The van der Waals surface area contributed by atoms with Crippen LogP contribution in [0.1, 0.15) is 50.2 Å². The van der Waals surface area contributed by atoms with E-state index in [0.29, 0.717) is 5.02 Å². The fraction of sp³-hybridized carbons (Fsp3) is 0.355. The Balaban J connectivity index is 1.66. The summed E-state index contributed by atoms with van der Waals surface area (Å²) in [6.07, 6.45) is 5.13. The number of anilines is 1. The van der Waals surface area contributed by atoms with Gasteiger partial charge in [-0.3, -0.25) is 13.9 Å². The van der Waals surface area contributed by atoms with Crippen LogP contribution in [0.4, 0.5) is 5.69 Å². The van der Waals surface area contributed by atoms with Crippen LogP contribution in [0.5, 0.6) is 0 Å². The summed E-state index contributed by atoms with van der Waals surface area (Å²) in [7, 11) is -4.13. The van der Waals surface area contributed by atoms with Crippen LogP contribution in [0, 0.1) is 6.92 Å². The molecule has 1 aliphatic rings. The maximum Gasteiger partial charge on any atom is 0.264 e. The normalized spacial score (nSPS) is 14.8. The number of benzene rings is 3. The second-order valence-corrected chi connectivity index (χ2v) is 12.6. The van der Waals surface area contributed by atoms with Gasteiger partial charge in [-0.1, -0.05) is 85.0 Å². The Morgan fingerprint density at radius 3 is 2.27 bits per heavy atom. The summed E-state index contributed by atoms with van der Waals surface area (Å²) in [4.78, 5) is 28.9. The Hall–Kier alpha value is -3.36. The first-order valence-corrected chi connectivity index (χ1v) is 15.5. The number of amides is 2. The van der Waals surface area contributed by atoms with Gasteiger partial charge < -0.3 is 10.2 Å². The number of nitrogens with one attached hydrogen (secondary N) is 1. The van der Waals surface area contributed by atoms with Gasteiger partial charge in [-0.25, -0.2) is 8.42 Å². The highest BCUT2D eigenvalue weighted by molar-refractivity contribution is 7.92. The summed E-state index contributed by atoms with van der Waals surface area (Å²) in [5, 5.41) is 3.45. The van der Waals surface area contributed by atoms with E-state index in [1.165, 1.54) is 23.1 Å². The molecule has 9 heteroatoms. The van der Waals surface area contributed by atoms with Gasteiger partial charge in [-0.05, 0) is 62.6 Å². The van der Waals surface area contributed by atoms with Crippen molar-refractivity contribution in [2.75, 3.05) is 10.8 Å². The number of rotatable bonds is 10. The van der Waals surface area contributed by atoms with Crippen LogP contribution < -0.4 is 9.62 Å². The lowest BCUT2D eigenvalue weighted by Crippen LogP contribution is -2.53. The van der Waals surface area contributed by atoms with Crippen LogP contribution in [-0.2, 0) is 26.2 Å². The number of halogens is 1. The zero-order valence-corrected chi connectivity index (χ0v) is 24.5. The standard InChI is InChI=1S/C31H36ClN3O4S/c1-23-16-18-29(19-17-23)40(38,39)35(28-15-9-12-26(32)20-28)22-30(36)34(21-25-10-5-3-6-11-25)24(2)31(37)33-27-13-7-4-8-14-27/h3,5-6,9-12,15-20,24,27H,4,7-8,13-14,21-22H2,1-2H3,(H,33,37)/t24-/m0/s1. The molecule has 0 aliphatic heterocycles. The number of carbonyl (C=O) groups is 2. The zero-order valence-electron chi connectivity index (χ0n) is 22.9. The zero-order chi connectivity index (χ0) is 28.7. The number of hydrogen-bond acceptors (Lipinski definition) is 4. The van der Waals surface area contributed by atoms with Gasteiger partial charge in [-0.15, -0.1) is 0 Å². The van der Waals surface area contributed by atoms with Crippen molar-refractivity contribution in [3.63, 3.8) is 0 Å². The van der Waals surface area contributed by atoms with Gasteiger partial charge >= 0.3 is 0 Å². The third-order valence-electron chi connectivity index (χ3n) is 7.30. The minimum absolute atomic E-state index is 0.0589. The summed E-state index contributed by atoms with van der Waals surface area (Å²) in [6, 6.07) is 21.5. The van der Waals surface area contributed by atoms with Gasteiger partial charge in [0.1, 0.15) is 12.6 Å². The number of carbonyl (C=O) groups excluding carboxylic acids is 2. The van der Waals surface area contributed by atoms with Crippen molar-refractivity contribution in [1.29, 1.82) is 0 Å². The summed E-state index contributed by atoms with van der Waals surface area (Å²) >= 11 is 6.23. The predicted molar refractivity (Wildman–Crippen MR) is 159 cm³/mol. The number of aryl methyl sites for hydroxylation is 1. The second-order valence-electron chi connectivity index (χ2n) is 10.3. The summed E-state index contributed by atoms with van der Waals surface area (Å²) in [6.45, 7) is 3.23. The summed E-state index contributed by atoms with van der Waals surface area (Å²) < 4.78 is 28.8. The molecule has 1 fully saturated rings. The molecule has 3 aromatic carbocycles. The number of hydrogen-bond donors (Lipinski definition) is 1. The smallest absolute Gasteiger partial charge is 0.264 e. The van der Waals surface area contributed by atoms with Crippen LogP contribution in [0.2, 0.25) is 5.02 Å². The average molecular weight is 582 g/mol. The predicted octanol–water partition coefficient (Wildman–Crippen LogP) is 5.71. The highest BCUT2D eigenvalue weighted by Gasteiger charge is 2.33. The molecule has 0 saturated heterocycles. The van der Waals surface area contributed by atoms with Crippen LogP contribution in [0.25, 0.3) is 0 Å². The van der Waals surface area contributed by atoms with Crippen LogP contribution in [0.3, 0.4) is 0 Å². The van der Waals surface area contributed by atoms with Gasteiger partial charge in [0.25, 0.3) is 10.0 Å². The Labute approximate surface area is 242 Å². The largest absolute Gasteiger partial charge is 0.352 e. The molecule has 1 N–H and O–H groups in total. The summed E-state index contributed by atoms with van der Waals surface area (Å²) in [5.74, 6) is -0.738. The molecular formula is C31H36ClN3O4S. The van der Waals surface area contributed by atoms with Crippen molar-refractivity contribution in [2.24, 2.45) is 0 Å². The van der Waals surface area contributed by atoms with E-state index >= 15 is 0 Å². The van der Waals surface area contributed by atoms with Gasteiger partial charge in [0.2, 0.25) is 11.8 Å². The molecule has 0 spiro atoms. The third-order valence-corrected chi connectivity index (χ3v) is 9.32. The highest BCUT2D eigenvalue weighted by atomic mass is 35.5. The van der Waals surface area contributed by atoms with E-state index in [1.807, 2.05) is 37.3 Å². The van der Waals surface area contributed by atoms with Gasteiger partial charge in [0.05, 0.1) is 10.6 Å². The molecule has 1 aliphatic carbocycles. The van der Waals surface area contributed by atoms with E-state index in [-0.39, 0.29) is 29.1 Å². The first-order chi connectivity index (χ1) is 19.1. The molecule has 0 radical (unpaired) electrons. The lowest BCUT2D eigenvalue weighted by molar-refractivity contribution is -0.139. The van der Waals surface area contributed by atoms with Crippen molar-refractivity contribution in [2.45, 2.75) is 69.5 Å². The number of sulfonamides is 1. The molecule has 4 rings (SSSR count). The molecule has 0 heterocycles. The summed E-state index contributed by atoms with van der Waals surface area (Å²) in [5.41, 5.74) is 2.01. The van der Waals surface area contributed by atoms with E-state index < -0.39 is 28.5 Å². The molecule has 212 valence electrons. The van der Waals surface area contributed by atoms with Gasteiger partial charge in [-0.2, -0.15) is 0 Å². The molecule has 3 aromatic rings. The third kappa shape index (κ3) is 7.43. The Kier molecular flexibility index (Phi) is 9.87. The Morgan fingerprint density at radius 2 is 1.62 bits per heavy atom. The van der Waals surface area contributed by atoms with Crippen molar-refractivity contribution < 1.29 is 18.0 Å². The average Bonchev–Trinajstić information content (AvgIpc) is 2.95. The van der Waals surface area contributed by atoms with Crippen LogP contribution >= 0.6 is 11.6 Å². The SMILES string of the molecule is Cc1ccc(S(=O)(=O)N(CC(=O)N(Cc2ccccc2)[C@@H](C)C(=O)NC2CCCCC2)c2cccc(Cl)c2)cc1. The van der Waals surface area contributed by atoms with E-state index in [1.54, 1.807) is 37.3 Å². The minimum atomic E-state index is -4.13. The van der Waals surface area contributed by atoms with Gasteiger partial charge in [0, 0.05) is 17.6 Å². The second kappa shape index (κ2) is 13.3. The molecule has 7 nitrogen and oxygen atoms in total. The lowest BCUT2D eigenvalue weighted by Gasteiger charge is -2.33. The molecule has 0 bridgehead atoms. The van der Waals surface area contributed by atoms with Crippen molar-refractivity contribution >= 4 is 39.1 Å². The molecule has 0 unspecified atom stereocenters. The minimum Gasteiger partial charge on any atom is -0.352 e. The fourth-order valence-electron chi connectivity index (χ4n) is 4.93. The first-order valence-electron chi connectivity index (χ1n) is 13.6. The van der Waals surface area contributed by atoms with E-state index in [4.69, 9.17) is 11.6 Å². The topological polar surface area (TPSA) is 86.8 Å². The molecule has 1 saturated carbocycles. The molecule has 40 heavy (non-hydrogen) atoms. The van der Waals surface area contributed by atoms with Crippen molar-refractivity contribution in [1.82, 2.24) is 10.2 Å². The van der Waals surface area contributed by atoms with E-state index in [2.05, 4.69) is 5.32 Å². The maximum atomic E-state index is 14.0. The Bertz CT molecular complexity index is 1410. The van der Waals surface area contributed by atoms with Crippen LogP contribution in [-0.4, -0.2) is 43.8 Å². The fourth-order valence-corrected chi connectivity index (χ4v) is 6.52. The maximum absolute atomic E-state index is 14.0. The van der Waals surface area contributed by atoms with E-state index in [9.17, 15) is 18.0 Å². The van der Waals surface area contributed by atoms with Gasteiger partial charge in [0.15, 0.2) is 0 Å². The molecular weight excluding hydrogens is 546 g/mol. The molecule has 2 amide bonds. The van der Waals surface area contributed by atoms with Crippen LogP contribution in [0.15, 0.2) is 83.8 Å². The molecule has 1 atom stereocenters. The lowest BCUT2D eigenvalue weighted by atomic mass is 9.95. The van der Waals surface area contributed by atoms with Crippen molar-refractivity contribution in [3.8, 4) is 0 Å². The monoisotopic (exact) mass is 581 g/mol. The Morgan fingerprint density at radius 1 is 0.950 bits per heavy atom.